The normalized spacial score (nSPS) is 15.3. The van der Waals surface area contributed by atoms with Gasteiger partial charge in [0.2, 0.25) is 0 Å². The van der Waals surface area contributed by atoms with Crippen molar-refractivity contribution in [3.63, 3.8) is 0 Å². The molecule has 0 unspecified atom stereocenters. The van der Waals surface area contributed by atoms with E-state index in [1.54, 1.807) is 13.0 Å². The predicted molar refractivity (Wildman–Crippen MR) is 120 cm³/mol. The van der Waals surface area contributed by atoms with Crippen LogP contribution < -0.4 is 4.90 Å². The highest BCUT2D eigenvalue weighted by molar-refractivity contribution is 6.24. The lowest BCUT2D eigenvalue weighted by Gasteiger charge is -2.23. The van der Waals surface area contributed by atoms with Gasteiger partial charge in [0.05, 0.1) is 12.1 Å². The summed E-state index contributed by atoms with van der Waals surface area (Å²) in [5.74, 6) is -0.794. The van der Waals surface area contributed by atoms with Gasteiger partial charge in [0, 0.05) is 23.2 Å². The number of likely N-dealkylation sites (N-methyl/N-ethyl adjacent to an activating group) is 1. The van der Waals surface area contributed by atoms with E-state index in [4.69, 9.17) is 9.57 Å². The maximum absolute atomic E-state index is 11.9. The number of esters is 1. The summed E-state index contributed by atoms with van der Waals surface area (Å²) in [7, 11) is 0. The summed E-state index contributed by atoms with van der Waals surface area (Å²) in [6.45, 7) is 14.9. The third kappa shape index (κ3) is 6.17. The zero-order valence-electron chi connectivity index (χ0n) is 18.4. The molecule has 0 spiro atoms. The Kier molecular flexibility index (Phi) is 7.75. The second-order valence-corrected chi connectivity index (χ2v) is 8.10. The highest BCUT2D eigenvalue weighted by Gasteiger charge is 2.33. The van der Waals surface area contributed by atoms with Crippen molar-refractivity contribution in [2.24, 2.45) is 10.6 Å². The van der Waals surface area contributed by atoms with Crippen LogP contribution in [0, 0.1) is 5.41 Å². The Morgan fingerprint density at radius 3 is 2.50 bits per heavy atom. The van der Waals surface area contributed by atoms with Gasteiger partial charge in [-0.1, -0.05) is 56.8 Å². The molecule has 1 aromatic rings. The molecule has 0 amide bonds. The number of carbonyl (C=O) groups excluding carboxylic acids is 2. The second kappa shape index (κ2) is 10.1. The first-order chi connectivity index (χ1) is 14.1. The smallest absolute Gasteiger partial charge is 0.367 e. The number of benzene rings is 1. The Bertz CT molecular complexity index is 887. The number of oxime groups is 1. The summed E-state index contributed by atoms with van der Waals surface area (Å²) >= 11 is 0. The van der Waals surface area contributed by atoms with Crippen LogP contribution in [0.4, 0.5) is 5.69 Å². The van der Waals surface area contributed by atoms with Crippen molar-refractivity contribution in [3.05, 3.63) is 59.7 Å². The molecule has 0 aliphatic carbocycles. The molecule has 1 heterocycles. The van der Waals surface area contributed by atoms with Crippen LogP contribution in [0.1, 0.15) is 40.2 Å². The molecule has 6 nitrogen and oxygen atoms in total. The maximum Gasteiger partial charge on any atom is 0.367 e. The average molecular weight is 411 g/mol. The van der Waals surface area contributed by atoms with E-state index in [0.29, 0.717) is 30.0 Å². The molecule has 1 aliphatic rings. The number of carbonyl (C=O) groups is 2. The molecule has 0 aromatic heterocycles. The molecule has 6 heteroatoms. The fourth-order valence-corrected chi connectivity index (χ4v) is 2.86. The Balaban J connectivity index is 2.01. The first-order valence-electron chi connectivity index (χ1n) is 9.99. The minimum Gasteiger partial charge on any atom is -0.460 e. The van der Waals surface area contributed by atoms with Crippen molar-refractivity contribution in [2.45, 2.75) is 34.6 Å². The monoisotopic (exact) mass is 410 g/mol. The third-order valence-corrected chi connectivity index (χ3v) is 4.54. The van der Waals surface area contributed by atoms with Crippen LogP contribution in [0.3, 0.4) is 0 Å². The summed E-state index contributed by atoms with van der Waals surface area (Å²) in [5.41, 5.74) is 3.31. The van der Waals surface area contributed by atoms with E-state index in [1.807, 2.05) is 57.2 Å². The molecular formula is C24H30N2O4. The van der Waals surface area contributed by atoms with Gasteiger partial charge in [0.1, 0.15) is 12.3 Å². The zero-order valence-corrected chi connectivity index (χ0v) is 18.4. The molecule has 1 aliphatic heterocycles. The minimum atomic E-state index is -0.425. The van der Waals surface area contributed by atoms with Gasteiger partial charge in [-0.05, 0) is 37.6 Å². The maximum atomic E-state index is 11.9. The molecule has 0 bridgehead atoms. The molecule has 0 saturated carbocycles. The molecule has 1 aromatic carbocycles. The molecule has 0 N–H and O–H groups in total. The van der Waals surface area contributed by atoms with Crippen LogP contribution in [0.15, 0.2) is 59.3 Å². The van der Waals surface area contributed by atoms with Crippen molar-refractivity contribution in [2.75, 3.05) is 24.6 Å². The Morgan fingerprint density at radius 1 is 1.27 bits per heavy atom. The molecule has 0 radical (unpaired) electrons. The van der Waals surface area contributed by atoms with E-state index in [1.165, 1.54) is 0 Å². The molecule has 160 valence electrons. The fourth-order valence-electron chi connectivity index (χ4n) is 2.86. The first kappa shape index (κ1) is 23.1. The van der Waals surface area contributed by atoms with E-state index in [2.05, 4.69) is 23.6 Å². The highest BCUT2D eigenvalue weighted by atomic mass is 16.7. The summed E-state index contributed by atoms with van der Waals surface area (Å²) in [6, 6.07) is 8.03. The minimum absolute atomic E-state index is 0.268. The van der Waals surface area contributed by atoms with E-state index in [0.717, 1.165) is 17.8 Å². The third-order valence-electron chi connectivity index (χ3n) is 4.54. The van der Waals surface area contributed by atoms with Crippen molar-refractivity contribution < 1.29 is 19.2 Å². The van der Waals surface area contributed by atoms with Crippen molar-refractivity contribution in [1.29, 1.82) is 0 Å². The van der Waals surface area contributed by atoms with Gasteiger partial charge in [-0.25, -0.2) is 9.59 Å². The topological polar surface area (TPSA) is 68.2 Å². The van der Waals surface area contributed by atoms with Crippen molar-refractivity contribution >= 4 is 29.4 Å². The molecule has 0 atom stereocenters. The Labute approximate surface area is 178 Å². The van der Waals surface area contributed by atoms with Crippen LogP contribution in [0.2, 0.25) is 0 Å². The molecule has 30 heavy (non-hydrogen) atoms. The Morgan fingerprint density at radius 2 is 1.93 bits per heavy atom. The lowest BCUT2D eigenvalue weighted by Crippen LogP contribution is -2.28. The highest BCUT2D eigenvalue weighted by Crippen LogP contribution is 2.27. The summed E-state index contributed by atoms with van der Waals surface area (Å²) in [4.78, 5) is 30.4. The van der Waals surface area contributed by atoms with Crippen LogP contribution in [-0.2, 0) is 19.2 Å². The number of anilines is 1. The molecule has 0 saturated heterocycles. The van der Waals surface area contributed by atoms with Gasteiger partial charge in [0.15, 0.2) is 0 Å². The van der Waals surface area contributed by atoms with Crippen LogP contribution in [-0.4, -0.2) is 37.3 Å². The van der Waals surface area contributed by atoms with E-state index < -0.39 is 5.97 Å². The number of allylic oxidation sites excluding steroid dienone is 2. The zero-order chi connectivity index (χ0) is 22.3. The number of hydrogen-bond acceptors (Lipinski definition) is 6. The van der Waals surface area contributed by atoms with E-state index >= 15 is 0 Å². The standard InChI is InChI=1S/C24H30N2O4/c1-7-26(15-16-29-22(27)17(2)3)19-13-11-18(12-14-19)9-8-10-20-21(24(4,5)6)25-30-23(20)28/h8-14H,2,7,15-16H2,1,3-6H3. The summed E-state index contributed by atoms with van der Waals surface area (Å²) in [6.07, 6.45) is 5.49. The predicted octanol–water partition coefficient (Wildman–Crippen LogP) is 4.53. The Hall–Kier alpha value is -3.15. The van der Waals surface area contributed by atoms with Gasteiger partial charge in [-0.2, -0.15) is 0 Å². The number of rotatable bonds is 8. The lowest BCUT2D eigenvalue weighted by atomic mass is 9.85. The van der Waals surface area contributed by atoms with Crippen LogP contribution in [0.25, 0.3) is 6.08 Å². The average Bonchev–Trinajstić information content (AvgIpc) is 3.06. The van der Waals surface area contributed by atoms with Crippen LogP contribution >= 0.6 is 0 Å². The first-order valence-corrected chi connectivity index (χ1v) is 9.99. The molecular weight excluding hydrogens is 380 g/mol. The number of hydrogen-bond donors (Lipinski definition) is 0. The summed E-state index contributed by atoms with van der Waals surface area (Å²) < 4.78 is 5.18. The van der Waals surface area contributed by atoms with Crippen molar-refractivity contribution in [3.8, 4) is 0 Å². The van der Waals surface area contributed by atoms with E-state index in [-0.39, 0.29) is 11.4 Å². The number of ether oxygens (including phenoxy) is 1. The quantitative estimate of drug-likeness (QED) is 0.358. The molecule has 0 fully saturated rings. The lowest BCUT2D eigenvalue weighted by molar-refractivity contribution is -0.139. The van der Waals surface area contributed by atoms with Crippen LogP contribution in [0.5, 0.6) is 0 Å². The van der Waals surface area contributed by atoms with Gasteiger partial charge in [-0.3, -0.25) is 0 Å². The van der Waals surface area contributed by atoms with Gasteiger partial charge < -0.3 is 14.5 Å². The fraction of sp³-hybridized carbons (Fsp3) is 0.375. The van der Waals surface area contributed by atoms with Gasteiger partial charge >= 0.3 is 11.9 Å². The summed E-state index contributed by atoms with van der Waals surface area (Å²) in [5, 5.41) is 3.90. The largest absolute Gasteiger partial charge is 0.460 e. The van der Waals surface area contributed by atoms with Gasteiger partial charge in [-0.15, -0.1) is 0 Å². The number of nitrogens with zero attached hydrogens (tertiary/aromatic N) is 2. The van der Waals surface area contributed by atoms with Gasteiger partial charge in [0.25, 0.3) is 0 Å². The SMILES string of the molecule is C=C(C)C(=O)OCCN(CC)c1ccc(C=CC=C2C(=O)ON=C2C(C)(C)C)cc1. The van der Waals surface area contributed by atoms with E-state index in [9.17, 15) is 9.59 Å². The van der Waals surface area contributed by atoms with Crippen molar-refractivity contribution in [1.82, 2.24) is 0 Å². The second-order valence-electron chi connectivity index (χ2n) is 8.10. The molecule has 2 rings (SSSR count).